The molecule has 0 saturated heterocycles. The Balaban J connectivity index is 2.07. The first-order valence-corrected chi connectivity index (χ1v) is 6.25. The van der Waals surface area contributed by atoms with Gasteiger partial charge in [-0.25, -0.2) is 0 Å². The molecule has 1 fully saturated rings. The van der Waals surface area contributed by atoms with E-state index >= 15 is 0 Å². The summed E-state index contributed by atoms with van der Waals surface area (Å²) in [5, 5.41) is 3.59. The van der Waals surface area contributed by atoms with Crippen LogP contribution in [0.4, 0.5) is 5.69 Å². The molecular weight excluding hydrogens is 196 g/mol. The zero-order chi connectivity index (χ0) is 11.5. The third-order valence-electron chi connectivity index (χ3n) is 3.39. The minimum absolute atomic E-state index is 0.314. The van der Waals surface area contributed by atoms with E-state index in [0.717, 1.165) is 6.42 Å². The van der Waals surface area contributed by atoms with Gasteiger partial charge >= 0.3 is 0 Å². The zero-order valence-corrected chi connectivity index (χ0v) is 10.3. The van der Waals surface area contributed by atoms with Gasteiger partial charge in [-0.2, -0.15) is 0 Å². The number of rotatable bonds is 2. The van der Waals surface area contributed by atoms with Crippen molar-refractivity contribution in [3.8, 4) is 0 Å². The van der Waals surface area contributed by atoms with Gasteiger partial charge in [0.25, 0.3) is 0 Å². The lowest BCUT2D eigenvalue weighted by Gasteiger charge is -2.30. The predicted molar refractivity (Wildman–Crippen MR) is 69.8 cm³/mol. The monoisotopic (exact) mass is 218 g/mol. The number of aryl methyl sites for hydroxylation is 2. The third-order valence-corrected chi connectivity index (χ3v) is 3.39. The first kappa shape index (κ1) is 11.5. The molecule has 2 nitrogen and oxygen atoms in total. The number of nitrogens with two attached hydrogens (primary N) is 1. The second-order valence-electron chi connectivity index (χ2n) is 5.08. The maximum Gasteiger partial charge on any atom is 0.0412 e. The van der Waals surface area contributed by atoms with Gasteiger partial charge in [-0.3, -0.25) is 0 Å². The fourth-order valence-electron chi connectivity index (χ4n) is 2.61. The van der Waals surface area contributed by atoms with Crippen LogP contribution in [-0.2, 0) is 0 Å². The van der Waals surface area contributed by atoms with Crippen LogP contribution < -0.4 is 11.1 Å². The van der Waals surface area contributed by atoms with Crippen LogP contribution in [0.5, 0.6) is 0 Å². The van der Waals surface area contributed by atoms with Crippen LogP contribution in [0, 0.1) is 13.8 Å². The molecule has 0 radical (unpaired) electrons. The van der Waals surface area contributed by atoms with Crippen molar-refractivity contribution in [2.45, 2.75) is 51.6 Å². The lowest BCUT2D eigenvalue weighted by molar-refractivity contribution is 0.404. The molecule has 16 heavy (non-hydrogen) atoms. The first-order valence-electron chi connectivity index (χ1n) is 6.25. The Labute approximate surface area is 98.2 Å². The summed E-state index contributed by atoms with van der Waals surface area (Å²) in [6.07, 6.45) is 4.94. The molecule has 2 unspecified atom stereocenters. The zero-order valence-electron chi connectivity index (χ0n) is 10.3. The van der Waals surface area contributed by atoms with Gasteiger partial charge in [-0.15, -0.1) is 0 Å². The number of nitrogens with one attached hydrogen (secondary N) is 1. The minimum atomic E-state index is 0.314. The summed E-state index contributed by atoms with van der Waals surface area (Å²) >= 11 is 0. The van der Waals surface area contributed by atoms with E-state index in [1.165, 1.54) is 36.1 Å². The summed E-state index contributed by atoms with van der Waals surface area (Å²) in [4.78, 5) is 0. The average molecular weight is 218 g/mol. The number of benzene rings is 1. The molecule has 1 saturated carbocycles. The van der Waals surface area contributed by atoms with E-state index in [1.54, 1.807) is 0 Å². The van der Waals surface area contributed by atoms with Crippen LogP contribution in [-0.4, -0.2) is 12.1 Å². The van der Waals surface area contributed by atoms with E-state index in [-0.39, 0.29) is 0 Å². The van der Waals surface area contributed by atoms with Crippen LogP contribution in [0.1, 0.15) is 36.8 Å². The molecule has 2 heteroatoms. The minimum Gasteiger partial charge on any atom is -0.381 e. The van der Waals surface area contributed by atoms with Gasteiger partial charge < -0.3 is 11.1 Å². The molecule has 0 aromatic heterocycles. The topological polar surface area (TPSA) is 38.0 Å². The quantitative estimate of drug-likeness (QED) is 0.801. The number of anilines is 1. The Kier molecular flexibility index (Phi) is 3.49. The van der Waals surface area contributed by atoms with E-state index in [9.17, 15) is 0 Å². The lowest BCUT2D eigenvalue weighted by atomic mass is 9.91. The molecule has 2 atom stereocenters. The highest BCUT2D eigenvalue weighted by Crippen LogP contribution is 2.22. The highest BCUT2D eigenvalue weighted by atomic mass is 15.0. The molecule has 0 heterocycles. The normalized spacial score (nSPS) is 25.4. The number of hydrogen-bond donors (Lipinski definition) is 2. The maximum atomic E-state index is 6.14. The summed E-state index contributed by atoms with van der Waals surface area (Å²) in [5.41, 5.74) is 9.99. The molecule has 0 amide bonds. The fourth-order valence-corrected chi connectivity index (χ4v) is 2.61. The van der Waals surface area contributed by atoms with Gasteiger partial charge in [0, 0.05) is 17.8 Å². The molecule has 0 spiro atoms. The molecule has 2 rings (SSSR count). The summed E-state index contributed by atoms with van der Waals surface area (Å²) < 4.78 is 0. The summed E-state index contributed by atoms with van der Waals surface area (Å²) in [7, 11) is 0. The Hall–Kier alpha value is -1.02. The van der Waals surface area contributed by atoms with E-state index in [4.69, 9.17) is 5.73 Å². The van der Waals surface area contributed by atoms with Crippen molar-refractivity contribution in [2.24, 2.45) is 5.73 Å². The largest absolute Gasteiger partial charge is 0.381 e. The molecule has 1 aliphatic rings. The Morgan fingerprint density at radius 2 is 1.69 bits per heavy atom. The van der Waals surface area contributed by atoms with E-state index in [0.29, 0.717) is 12.1 Å². The smallest absolute Gasteiger partial charge is 0.0412 e. The standard InChI is InChI=1S/C14H22N2/c1-10-7-11(2)9-12(8-10)16-14-6-4-3-5-13(14)15/h7-9,13-14,16H,3-6,15H2,1-2H3. The van der Waals surface area contributed by atoms with E-state index in [1.807, 2.05) is 0 Å². The van der Waals surface area contributed by atoms with Gasteiger partial charge in [0.05, 0.1) is 0 Å². The Morgan fingerprint density at radius 3 is 2.31 bits per heavy atom. The van der Waals surface area contributed by atoms with Gasteiger partial charge in [0.15, 0.2) is 0 Å². The van der Waals surface area contributed by atoms with Gasteiger partial charge in [0.2, 0.25) is 0 Å². The first-order chi connectivity index (χ1) is 7.65. The van der Waals surface area contributed by atoms with Crippen LogP contribution in [0.3, 0.4) is 0 Å². The van der Waals surface area contributed by atoms with Crippen LogP contribution >= 0.6 is 0 Å². The van der Waals surface area contributed by atoms with Crippen LogP contribution in [0.25, 0.3) is 0 Å². The van der Waals surface area contributed by atoms with Crippen molar-refractivity contribution < 1.29 is 0 Å². The van der Waals surface area contributed by atoms with Gasteiger partial charge in [-0.1, -0.05) is 18.9 Å². The summed E-state index contributed by atoms with van der Waals surface area (Å²) in [6.45, 7) is 4.28. The molecule has 1 aromatic carbocycles. The molecule has 1 aromatic rings. The predicted octanol–water partition coefficient (Wildman–Crippen LogP) is 2.99. The Bertz CT molecular complexity index is 340. The second-order valence-corrected chi connectivity index (χ2v) is 5.08. The Morgan fingerprint density at radius 1 is 1.06 bits per heavy atom. The van der Waals surface area contributed by atoms with Crippen molar-refractivity contribution in [2.75, 3.05) is 5.32 Å². The number of hydrogen-bond acceptors (Lipinski definition) is 2. The summed E-state index contributed by atoms with van der Waals surface area (Å²) in [5.74, 6) is 0. The molecular formula is C14H22N2. The van der Waals surface area contributed by atoms with Gasteiger partial charge in [-0.05, 0) is 49.9 Å². The van der Waals surface area contributed by atoms with Crippen molar-refractivity contribution in [1.82, 2.24) is 0 Å². The van der Waals surface area contributed by atoms with Crippen molar-refractivity contribution >= 4 is 5.69 Å². The SMILES string of the molecule is Cc1cc(C)cc(NC2CCCCC2N)c1. The van der Waals surface area contributed by atoms with Crippen molar-refractivity contribution in [3.63, 3.8) is 0 Å². The van der Waals surface area contributed by atoms with Crippen LogP contribution in [0.2, 0.25) is 0 Å². The van der Waals surface area contributed by atoms with E-state index in [2.05, 4.69) is 37.4 Å². The van der Waals surface area contributed by atoms with Gasteiger partial charge in [0.1, 0.15) is 0 Å². The third kappa shape index (κ3) is 2.76. The second kappa shape index (κ2) is 4.88. The molecule has 88 valence electrons. The van der Waals surface area contributed by atoms with Crippen molar-refractivity contribution in [3.05, 3.63) is 29.3 Å². The maximum absolute atomic E-state index is 6.14. The molecule has 0 bridgehead atoms. The lowest BCUT2D eigenvalue weighted by Crippen LogP contribution is -2.42. The fraction of sp³-hybridized carbons (Fsp3) is 0.571. The molecule has 0 aliphatic heterocycles. The highest BCUT2D eigenvalue weighted by molar-refractivity contribution is 5.49. The summed E-state index contributed by atoms with van der Waals surface area (Å²) in [6, 6.07) is 7.37. The highest BCUT2D eigenvalue weighted by Gasteiger charge is 2.21. The van der Waals surface area contributed by atoms with Crippen molar-refractivity contribution in [1.29, 1.82) is 0 Å². The van der Waals surface area contributed by atoms with Crippen LogP contribution in [0.15, 0.2) is 18.2 Å². The average Bonchev–Trinajstić information content (AvgIpc) is 2.20. The molecule has 1 aliphatic carbocycles. The molecule has 3 N–H and O–H groups in total. The van der Waals surface area contributed by atoms with E-state index < -0.39 is 0 Å².